The van der Waals surface area contributed by atoms with Gasteiger partial charge >= 0.3 is 18.0 Å². The highest BCUT2D eigenvalue weighted by Gasteiger charge is 2.32. The van der Waals surface area contributed by atoms with Crippen LogP contribution in [0, 0.1) is 0 Å². The van der Waals surface area contributed by atoms with Gasteiger partial charge < -0.3 is 19.0 Å². The fourth-order valence-electron chi connectivity index (χ4n) is 1.81. The Morgan fingerprint density at radius 3 is 2.38 bits per heavy atom. The Morgan fingerprint density at radius 2 is 1.83 bits per heavy atom. The molecule has 0 radical (unpaired) electrons. The number of carbonyl (C=O) groups excluding carboxylic acids is 4. The predicted octanol–water partition coefficient (Wildman–Crippen LogP) is 1.28. The maximum Gasteiger partial charge on any atom is 0.412 e. The first-order valence-corrected chi connectivity index (χ1v) is 7.11. The summed E-state index contributed by atoms with van der Waals surface area (Å²) in [6, 6.07) is 7.66. The number of nitrogens with zero attached hydrogens (tertiary/aromatic N) is 1. The molecule has 1 aromatic rings. The Bertz CT molecular complexity index is 573. The predicted molar refractivity (Wildman–Crippen MR) is 81.6 cm³/mol. The summed E-state index contributed by atoms with van der Waals surface area (Å²) in [4.78, 5) is 46.7. The molecule has 1 aromatic carbocycles. The van der Waals surface area contributed by atoms with Crippen LogP contribution in [0.2, 0.25) is 0 Å². The van der Waals surface area contributed by atoms with E-state index in [1.807, 2.05) is 6.07 Å². The molecule has 0 bridgehead atoms. The second kappa shape index (κ2) is 9.98. The van der Waals surface area contributed by atoms with Gasteiger partial charge in [0.15, 0.2) is 6.73 Å². The minimum atomic E-state index is -1.25. The third-order valence-electron chi connectivity index (χ3n) is 3.01. The summed E-state index contributed by atoms with van der Waals surface area (Å²) >= 11 is 0. The van der Waals surface area contributed by atoms with Crippen molar-refractivity contribution in [1.29, 1.82) is 0 Å². The van der Waals surface area contributed by atoms with Crippen LogP contribution in [0.25, 0.3) is 0 Å². The van der Waals surface area contributed by atoms with E-state index < -0.39 is 30.8 Å². The molecule has 0 aliphatic heterocycles. The monoisotopic (exact) mass is 337 g/mol. The number of methoxy groups -OCH3 is 1. The molecule has 0 aliphatic rings. The molecule has 1 atom stereocenters. The number of carbonyl (C=O) groups is 4. The molecular formula is C16H19NO7. The molecule has 0 saturated heterocycles. The lowest BCUT2D eigenvalue weighted by Crippen LogP contribution is -2.47. The maximum atomic E-state index is 12.2. The summed E-state index contributed by atoms with van der Waals surface area (Å²) < 4.78 is 14.4. The van der Waals surface area contributed by atoms with Crippen molar-refractivity contribution in [3.05, 3.63) is 35.9 Å². The van der Waals surface area contributed by atoms with E-state index >= 15 is 0 Å². The molecular weight excluding hydrogens is 318 g/mol. The highest BCUT2D eigenvalue weighted by atomic mass is 16.6. The highest BCUT2D eigenvalue weighted by Crippen LogP contribution is 2.10. The normalized spacial score (nSPS) is 11.1. The number of hydrogen-bond acceptors (Lipinski definition) is 7. The van der Waals surface area contributed by atoms with Crippen LogP contribution in [0.3, 0.4) is 0 Å². The number of benzene rings is 1. The van der Waals surface area contributed by atoms with Gasteiger partial charge in [-0.05, 0) is 5.56 Å². The van der Waals surface area contributed by atoms with Crippen molar-refractivity contribution in [3.8, 4) is 0 Å². The van der Waals surface area contributed by atoms with Gasteiger partial charge in [-0.3, -0.25) is 9.69 Å². The third kappa shape index (κ3) is 6.07. The molecule has 8 heteroatoms. The van der Waals surface area contributed by atoms with E-state index in [9.17, 15) is 19.2 Å². The molecule has 8 nitrogen and oxygen atoms in total. The van der Waals surface area contributed by atoms with Crippen molar-refractivity contribution in [2.24, 2.45) is 0 Å². The molecule has 0 fully saturated rings. The number of rotatable bonds is 8. The van der Waals surface area contributed by atoms with Gasteiger partial charge in [0.2, 0.25) is 0 Å². The van der Waals surface area contributed by atoms with Gasteiger partial charge in [0.25, 0.3) is 0 Å². The van der Waals surface area contributed by atoms with Gasteiger partial charge in [0.05, 0.1) is 7.11 Å². The van der Waals surface area contributed by atoms with Gasteiger partial charge in [-0.2, -0.15) is 0 Å². The Morgan fingerprint density at radius 1 is 1.17 bits per heavy atom. The zero-order chi connectivity index (χ0) is 17.9. The molecule has 0 unspecified atom stereocenters. The van der Waals surface area contributed by atoms with Crippen LogP contribution in [0.5, 0.6) is 0 Å². The van der Waals surface area contributed by atoms with Crippen LogP contribution in [0.15, 0.2) is 30.3 Å². The van der Waals surface area contributed by atoms with E-state index in [1.165, 1.54) is 0 Å². The SMILES string of the molecule is COC(=O)N(COC(C)=O)[C@@H](CC=O)C(=O)OCc1ccccc1. The fourth-order valence-corrected chi connectivity index (χ4v) is 1.81. The van der Waals surface area contributed by atoms with Gasteiger partial charge in [0, 0.05) is 13.3 Å². The van der Waals surface area contributed by atoms with Crippen molar-refractivity contribution in [2.75, 3.05) is 13.8 Å². The number of ether oxygens (including phenoxy) is 3. The van der Waals surface area contributed by atoms with Crippen LogP contribution in [-0.2, 0) is 35.2 Å². The largest absolute Gasteiger partial charge is 0.459 e. The molecule has 130 valence electrons. The summed E-state index contributed by atoms with van der Waals surface area (Å²) in [6.45, 7) is 0.608. The van der Waals surface area contributed by atoms with Crippen molar-refractivity contribution in [1.82, 2.24) is 4.90 Å². The van der Waals surface area contributed by atoms with Crippen LogP contribution in [0.1, 0.15) is 18.9 Å². The number of esters is 2. The second-order valence-electron chi connectivity index (χ2n) is 4.72. The first kappa shape index (κ1) is 19.1. The quantitative estimate of drug-likeness (QED) is 0.305. The molecule has 0 aliphatic carbocycles. The average molecular weight is 337 g/mol. The van der Waals surface area contributed by atoms with Crippen molar-refractivity contribution in [2.45, 2.75) is 26.0 Å². The second-order valence-corrected chi connectivity index (χ2v) is 4.72. The lowest BCUT2D eigenvalue weighted by molar-refractivity contribution is -0.158. The fraction of sp³-hybridized carbons (Fsp3) is 0.375. The summed E-state index contributed by atoms with van der Waals surface area (Å²) in [6.07, 6.45) is -0.762. The molecule has 1 rings (SSSR count). The van der Waals surface area contributed by atoms with Crippen LogP contribution in [-0.4, -0.2) is 49.1 Å². The Balaban J connectivity index is 2.82. The average Bonchev–Trinajstić information content (AvgIpc) is 2.59. The van der Waals surface area contributed by atoms with E-state index in [0.717, 1.165) is 24.5 Å². The minimum Gasteiger partial charge on any atom is -0.459 e. The Kier molecular flexibility index (Phi) is 7.97. The van der Waals surface area contributed by atoms with Gasteiger partial charge in [0.1, 0.15) is 18.9 Å². The van der Waals surface area contributed by atoms with E-state index in [-0.39, 0.29) is 13.0 Å². The van der Waals surface area contributed by atoms with E-state index in [1.54, 1.807) is 24.3 Å². The molecule has 1 amide bonds. The van der Waals surface area contributed by atoms with Crippen LogP contribution in [0.4, 0.5) is 4.79 Å². The van der Waals surface area contributed by atoms with Crippen molar-refractivity contribution >= 4 is 24.3 Å². The third-order valence-corrected chi connectivity index (χ3v) is 3.01. The summed E-state index contributed by atoms with van der Waals surface area (Å²) in [5.74, 6) is -1.45. The van der Waals surface area contributed by atoms with Crippen LogP contribution >= 0.6 is 0 Å². The molecule has 0 heterocycles. The maximum absolute atomic E-state index is 12.2. The standard InChI is InChI=1S/C16H19NO7/c1-12(19)24-11-17(16(21)22-2)14(8-9-18)15(20)23-10-13-6-4-3-5-7-13/h3-7,9,14H,8,10-11H2,1-2H3/t14-/m0/s1. The Labute approximate surface area is 139 Å². The van der Waals surface area contributed by atoms with Crippen molar-refractivity contribution in [3.63, 3.8) is 0 Å². The number of amides is 1. The summed E-state index contributed by atoms with van der Waals surface area (Å²) in [5, 5.41) is 0. The van der Waals surface area contributed by atoms with E-state index in [4.69, 9.17) is 9.47 Å². The number of aldehydes is 1. The molecule has 0 spiro atoms. The summed E-state index contributed by atoms with van der Waals surface area (Å²) in [5.41, 5.74) is 0.750. The van der Waals surface area contributed by atoms with Gasteiger partial charge in [-0.25, -0.2) is 9.59 Å². The van der Waals surface area contributed by atoms with E-state index in [0.29, 0.717) is 6.29 Å². The lowest BCUT2D eigenvalue weighted by atomic mass is 10.2. The first-order valence-electron chi connectivity index (χ1n) is 7.11. The minimum absolute atomic E-state index is 0.0163. The lowest BCUT2D eigenvalue weighted by Gasteiger charge is -2.27. The van der Waals surface area contributed by atoms with Gasteiger partial charge in [-0.15, -0.1) is 0 Å². The summed E-state index contributed by atoms with van der Waals surface area (Å²) in [7, 11) is 1.11. The van der Waals surface area contributed by atoms with E-state index in [2.05, 4.69) is 4.74 Å². The highest BCUT2D eigenvalue weighted by molar-refractivity contribution is 5.83. The first-order chi connectivity index (χ1) is 11.5. The van der Waals surface area contributed by atoms with Crippen LogP contribution < -0.4 is 0 Å². The molecule has 0 N–H and O–H groups in total. The molecule has 0 saturated carbocycles. The smallest absolute Gasteiger partial charge is 0.412 e. The zero-order valence-corrected chi connectivity index (χ0v) is 13.5. The zero-order valence-electron chi connectivity index (χ0n) is 13.5. The molecule has 24 heavy (non-hydrogen) atoms. The van der Waals surface area contributed by atoms with Crippen molar-refractivity contribution < 1.29 is 33.4 Å². The number of hydrogen-bond donors (Lipinski definition) is 0. The topological polar surface area (TPSA) is 99.2 Å². The Hall–Kier alpha value is -2.90. The van der Waals surface area contributed by atoms with Gasteiger partial charge in [-0.1, -0.05) is 30.3 Å². The molecule has 0 aromatic heterocycles.